The third-order valence-electron chi connectivity index (χ3n) is 1.97. The predicted octanol–water partition coefficient (Wildman–Crippen LogP) is 2.98. The van der Waals surface area contributed by atoms with Crippen LogP contribution in [0.2, 0.25) is 0 Å². The van der Waals surface area contributed by atoms with Crippen LogP contribution in [0, 0.1) is 5.82 Å². The molecule has 1 rings (SSSR count). The van der Waals surface area contributed by atoms with Crippen LogP contribution in [0.4, 0.5) is 4.39 Å². The minimum Gasteiger partial charge on any atom is -0.489 e. The highest BCUT2D eigenvalue weighted by molar-refractivity contribution is 5.75. The molecule has 0 aliphatic rings. The molecule has 0 aromatic heterocycles. The Morgan fingerprint density at radius 3 is 2.87 bits per heavy atom. The van der Waals surface area contributed by atoms with Crippen LogP contribution < -0.4 is 4.74 Å². The molecule has 3 heteroatoms. The Labute approximate surface area is 88.4 Å². The molecule has 0 N–H and O–H groups in total. The molecule has 0 saturated heterocycles. The van der Waals surface area contributed by atoms with Crippen LogP contribution in [0.5, 0.6) is 5.75 Å². The van der Waals surface area contributed by atoms with Crippen molar-refractivity contribution in [1.29, 1.82) is 0 Å². The second-order valence-electron chi connectivity index (χ2n) is 3.23. The first kappa shape index (κ1) is 11.4. The van der Waals surface area contributed by atoms with Gasteiger partial charge in [0.25, 0.3) is 0 Å². The lowest BCUT2D eigenvalue weighted by atomic mass is 10.2. The summed E-state index contributed by atoms with van der Waals surface area (Å²) in [5.74, 6) is -0.122. The SMILES string of the molecule is C=C(CC)COc1cc(F)cc(C=O)c1. The summed E-state index contributed by atoms with van der Waals surface area (Å²) in [4.78, 5) is 10.5. The zero-order valence-electron chi connectivity index (χ0n) is 8.63. The number of rotatable bonds is 5. The van der Waals surface area contributed by atoms with Crippen molar-refractivity contribution in [2.75, 3.05) is 6.61 Å². The molecule has 0 bridgehead atoms. The normalized spacial score (nSPS) is 9.73. The van der Waals surface area contributed by atoms with Crippen molar-refractivity contribution < 1.29 is 13.9 Å². The monoisotopic (exact) mass is 208 g/mol. The van der Waals surface area contributed by atoms with Crippen LogP contribution in [0.15, 0.2) is 30.4 Å². The summed E-state index contributed by atoms with van der Waals surface area (Å²) in [6.45, 7) is 6.08. The molecular weight excluding hydrogens is 195 g/mol. The second kappa shape index (κ2) is 5.29. The molecular formula is C12H13FO2. The fourth-order valence-electron chi connectivity index (χ4n) is 1.02. The number of halogens is 1. The maximum Gasteiger partial charge on any atom is 0.150 e. The van der Waals surface area contributed by atoms with E-state index in [1.165, 1.54) is 12.1 Å². The van der Waals surface area contributed by atoms with Crippen molar-refractivity contribution in [3.05, 3.63) is 41.7 Å². The first-order chi connectivity index (χ1) is 7.15. The zero-order valence-corrected chi connectivity index (χ0v) is 8.63. The Hall–Kier alpha value is -1.64. The Balaban J connectivity index is 2.72. The van der Waals surface area contributed by atoms with Gasteiger partial charge in [0.1, 0.15) is 24.5 Å². The standard InChI is InChI=1S/C12H13FO2/c1-3-9(2)8-15-12-5-10(7-14)4-11(13)6-12/h4-7H,2-3,8H2,1H3. The molecule has 80 valence electrons. The van der Waals surface area contributed by atoms with Crippen molar-refractivity contribution in [2.45, 2.75) is 13.3 Å². The number of hydrogen-bond acceptors (Lipinski definition) is 2. The van der Waals surface area contributed by atoms with Gasteiger partial charge in [0, 0.05) is 11.6 Å². The number of benzene rings is 1. The highest BCUT2D eigenvalue weighted by atomic mass is 19.1. The van der Waals surface area contributed by atoms with Crippen LogP contribution in [0.1, 0.15) is 23.7 Å². The Morgan fingerprint density at radius 1 is 1.53 bits per heavy atom. The Bertz CT molecular complexity index is 372. The first-order valence-corrected chi connectivity index (χ1v) is 4.71. The molecule has 0 saturated carbocycles. The molecule has 1 aromatic carbocycles. The highest BCUT2D eigenvalue weighted by Crippen LogP contribution is 2.16. The van der Waals surface area contributed by atoms with E-state index in [1.807, 2.05) is 6.92 Å². The number of carbonyl (C=O) groups is 1. The average Bonchev–Trinajstić information content (AvgIpc) is 2.25. The molecule has 0 atom stereocenters. The van der Waals surface area contributed by atoms with E-state index >= 15 is 0 Å². The summed E-state index contributed by atoms with van der Waals surface area (Å²) in [5, 5.41) is 0. The zero-order chi connectivity index (χ0) is 11.3. The van der Waals surface area contributed by atoms with E-state index in [9.17, 15) is 9.18 Å². The fourth-order valence-corrected chi connectivity index (χ4v) is 1.02. The molecule has 0 fully saturated rings. The first-order valence-electron chi connectivity index (χ1n) is 4.71. The van der Waals surface area contributed by atoms with Gasteiger partial charge in [0.2, 0.25) is 0 Å². The van der Waals surface area contributed by atoms with Gasteiger partial charge in [-0.05, 0) is 24.1 Å². The van der Waals surface area contributed by atoms with Crippen molar-refractivity contribution in [3.63, 3.8) is 0 Å². The molecule has 0 radical (unpaired) electrons. The Morgan fingerprint density at radius 2 is 2.27 bits per heavy atom. The van der Waals surface area contributed by atoms with Crippen molar-refractivity contribution in [2.24, 2.45) is 0 Å². The van der Waals surface area contributed by atoms with Gasteiger partial charge < -0.3 is 4.74 Å². The van der Waals surface area contributed by atoms with Crippen molar-refractivity contribution >= 4 is 6.29 Å². The van der Waals surface area contributed by atoms with E-state index < -0.39 is 5.82 Å². The summed E-state index contributed by atoms with van der Waals surface area (Å²) >= 11 is 0. The van der Waals surface area contributed by atoms with E-state index in [4.69, 9.17) is 4.74 Å². The molecule has 15 heavy (non-hydrogen) atoms. The number of aldehydes is 1. The van der Waals surface area contributed by atoms with E-state index in [0.29, 0.717) is 18.6 Å². The third kappa shape index (κ3) is 3.54. The predicted molar refractivity (Wildman–Crippen MR) is 56.7 cm³/mol. The summed E-state index contributed by atoms with van der Waals surface area (Å²) in [7, 11) is 0. The van der Waals surface area contributed by atoms with Crippen LogP contribution in [0.25, 0.3) is 0 Å². The smallest absolute Gasteiger partial charge is 0.150 e. The summed E-state index contributed by atoms with van der Waals surface area (Å²) in [6, 6.07) is 3.91. The molecule has 0 aliphatic carbocycles. The molecule has 0 amide bonds. The van der Waals surface area contributed by atoms with Crippen LogP contribution in [0.3, 0.4) is 0 Å². The molecule has 0 heterocycles. The van der Waals surface area contributed by atoms with Gasteiger partial charge in [-0.15, -0.1) is 0 Å². The number of carbonyl (C=O) groups excluding carboxylic acids is 1. The lowest BCUT2D eigenvalue weighted by Gasteiger charge is -2.07. The molecule has 0 spiro atoms. The van der Waals surface area contributed by atoms with Gasteiger partial charge >= 0.3 is 0 Å². The maximum atomic E-state index is 13.0. The molecule has 1 aromatic rings. The van der Waals surface area contributed by atoms with Gasteiger partial charge in [0.05, 0.1) is 0 Å². The van der Waals surface area contributed by atoms with Gasteiger partial charge in [0.15, 0.2) is 0 Å². The summed E-state index contributed by atoms with van der Waals surface area (Å²) in [5.41, 5.74) is 1.19. The van der Waals surface area contributed by atoms with Crippen LogP contribution in [-0.2, 0) is 0 Å². The van der Waals surface area contributed by atoms with Crippen molar-refractivity contribution in [1.82, 2.24) is 0 Å². The minimum atomic E-state index is -0.475. The van der Waals surface area contributed by atoms with E-state index in [2.05, 4.69) is 6.58 Å². The fraction of sp³-hybridized carbons (Fsp3) is 0.250. The van der Waals surface area contributed by atoms with E-state index in [-0.39, 0.29) is 5.56 Å². The molecule has 0 unspecified atom stereocenters. The van der Waals surface area contributed by atoms with Crippen molar-refractivity contribution in [3.8, 4) is 5.75 Å². The van der Waals surface area contributed by atoms with E-state index in [0.717, 1.165) is 18.1 Å². The minimum absolute atomic E-state index is 0.270. The van der Waals surface area contributed by atoms with Gasteiger partial charge in [-0.25, -0.2) is 4.39 Å². The summed E-state index contributed by atoms with van der Waals surface area (Å²) < 4.78 is 18.2. The lowest BCUT2D eigenvalue weighted by molar-refractivity contribution is 0.112. The topological polar surface area (TPSA) is 26.3 Å². The van der Waals surface area contributed by atoms with Crippen LogP contribution >= 0.6 is 0 Å². The van der Waals surface area contributed by atoms with Gasteiger partial charge in [-0.3, -0.25) is 4.79 Å². The highest BCUT2D eigenvalue weighted by Gasteiger charge is 2.01. The Kier molecular flexibility index (Phi) is 4.03. The van der Waals surface area contributed by atoms with Gasteiger partial charge in [-0.1, -0.05) is 13.5 Å². The second-order valence-corrected chi connectivity index (χ2v) is 3.23. The average molecular weight is 208 g/mol. The lowest BCUT2D eigenvalue weighted by Crippen LogP contribution is -2.00. The molecule has 2 nitrogen and oxygen atoms in total. The molecule has 0 aliphatic heterocycles. The van der Waals surface area contributed by atoms with E-state index in [1.54, 1.807) is 0 Å². The summed E-state index contributed by atoms with van der Waals surface area (Å²) in [6.07, 6.45) is 1.40. The number of ether oxygens (including phenoxy) is 1. The van der Waals surface area contributed by atoms with Gasteiger partial charge in [-0.2, -0.15) is 0 Å². The largest absolute Gasteiger partial charge is 0.489 e. The maximum absolute atomic E-state index is 13.0. The van der Waals surface area contributed by atoms with Crippen LogP contribution in [-0.4, -0.2) is 12.9 Å². The quantitative estimate of drug-likeness (QED) is 0.549. The third-order valence-corrected chi connectivity index (χ3v) is 1.97. The number of hydrogen-bond donors (Lipinski definition) is 0.